The summed E-state index contributed by atoms with van der Waals surface area (Å²) in [6, 6.07) is 5.51. The number of aliphatic hydroxyl groups is 1. The van der Waals surface area contributed by atoms with Crippen molar-refractivity contribution in [2.24, 2.45) is 0 Å². The summed E-state index contributed by atoms with van der Waals surface area (Å²) in [5.41, 5.74) is 0.284. The zero-order valence-corrected chi connectivity index (χ0v) is 13.6. The highest BCUT2D eigenvalue weighted by Gasteiger charge is 2.17. The van der Waals surface area contributed by atoms with E-state index in [-0.39, 0.29) is 5.56 Å². The zero-order chi connectivity index (χ0) is 16.5. The molecule has 1 saturated heterocycles. The highest BCUT2D eigenvalue weighted by Crippen LogP contribution is 2.14. The number of hydrogen-bond acceptors (Lipinski definition) is 3. The maximum Gasteiger partial charge on any atom is 0.253 e. The molecule has 1 aromatic carbocycles. The maximum absolute atomic E-state index is 13.1. The van der Waals surface area contributed by atoms with Crippen LogP contribution in [0.5, 0.6) is 0 Å². The van der Waals surface area contributed by atoms with E-state index in [0.29, 0.717) is 6.54 Å². The van der Waals surface area contributed by atoms with Crippen LogP contribution in [0.15, 0.2) is 24.3 Å². The summed E-state index contributed by atoms with van der Waals surface area (Å²) in [4.78, 5) is 14.4. The number of nitrogens with zero attached hydrogens (tertiary/aromatic N) is 1. The van der Waals surface area contributed by atoms with Crippen LogP contribution in [0.1, 0.15) is 50.2 Å². The van der Waals surface area contributed by atoms with E-state index in [1.54, 1.807) is 6.07 Å². The molecular formula is C18H27FN2O2. The van der Waals surface area contributed by atoms with Crippen molar-refractivity contribution in [2.75, 3.05) is 26.2 Å². The Morgan fingerprint density at radius 1 is 1.22 bits per heavy atom. The topological polar surface area (TPSA) is 52.6 Å². The van der Waals surface area contributed by atoms with Gasteiger partial charge in [0.25, 0.3) is 5.91 Å². The molecule has 1 atom stereocenters. The van der Waals surface area contributed by atoms with E-state index in [1.165, 1.54) is 57.0 Å². The molecule has 128 valence electrons. The van der Waals surface area contributed by atoms with E-state index in [9.17, 15) is 14.3 Å². The molecule has 1 amide bonds. The fraction of sp³-hybridized carbons (Fsp3) is 0.611. The summed E-state index contributed by atoms with van der Waals surface area (Å²) >= 11 is 0. The van der Waals surface area contributed by atoms with Crippen LogP contribution in [0.4, 0.5) is 4.39 Å². The SMILES string of the molecule is O=C(NCCCCN1CCCCCC1)[C@H](O)c1cccc(F)c1. The Morgan fingerprint density at radius 2 is 1.96 bits per heavy atom. The number of carbonyl (C=O) groups excluding carboxylic acids is 1. The third-order valence-corrected chi connectivity index (χ3v) is 4.31. The number of likely N-dealkylation sites (tertiary alicyclic amines) is 1. The van der Waals surface area contributed by atoms with Crippen LogP contribution in [0, 0.1) is 5.82 Å². The van der Waals surface area contributed by atoms with Crippen LogP contribution in [0.3, 0.4) is 0 Å². The minimum Gasteiger partial charge on any atom is -0.378 e. The summed E-state index contributed by atoms with van der Waals surface area (Å²) in [6.07, 6.45) is 5.87. The Kier molecular flexibility index (Phi) is 7.49. The minimum atomic E-state index is -1.31. The summed E-state index contributed by atoms with van der Waals surface area (Å²) in [5, 5.41) is 12.6. The largest absolute Gasteiger partial charge is 0.378 e. The van der Waals surface area contributed by atoms with Crippen molar-refractivity contribution >= 4 is 5.91 Å². The second-order valence-electron chi connectivity index (χ2n) is 6.21. The van der Waals surface area contributed by atoms with Gasteiger partial charge in [-0.15, -0.1) is 0 Å². The summed E-state index contributed by atoms with van der Waals surface area (Å²) in [6.45, 7) is 3.98. The first-order chi connectivity index (χ1) is 11.2. The van der Waals surface area contributed by atoms with Gasteiger partial charge in [0, 0.05) is 6.54 Å². The number of unbranched alkanes of at least 4 members (excludes halogenated alkanes) is 1. The lowest BCUT2D eigenvalue weighted by Gasteiger charge is -2.19. The summed E-state index contributed by atoms with van der Waals surface area (Å²) in [5.74, 6) is -0.919. The van der Waals surface area contributed by atoms with Gasteiger partial charge in [0.05, 0.1) is 0 Å². The number of halogens is 1. The molecule has 4 nitrogen and oxygen atoms in total. The van der Waals surface area contributed by atoms with E-state index in [1.807, 2.05) is 0 Å². The lowest BCUT2D eigenvalue weighted by molar-refractivity contribution is -0.129. The number of nitrogens with one attached hydrogen (secondary N) is 1. The maximum atomic E-state index is 13.1. The third kappa shape index (κ3) is 6.28. The molecule has 5 heteroatoms. The molecule has 0 saturated carbocycles. The molecule has 0 radical (unpaired) electrons. The first kappa shape index (κ1) is 17.9. The molecule has 1 aliphatic heterocycles. The average Bonchev–Trinajstić information content (AvgIpc) is 2.82. The van der Waals surface area contributed by atoms with Gasteiger partial charge in [-0.3, -0.25) is 4.79 Å². The monoisotopic (exact) mass is 322 g/mol. The van der Waals surface area contributed by atoms with Crippen LogP contribution in [0.2, 0.25) is 0 Å². The first-order valence-electron chi connectivity index (χ1n) is 8.60. The lowest BCUT2D eigenvalue weighted by atomic mass is 10.1. The summed E-state index contributed by atoms with van der Waals surface area (Å²) < 4.78 is 13.1. The number of rotatable bonds is 7. The third-order valence-electron chi connectivity index (χ3n) is 4.31. The number of hydrogen-bond donors (Lipinski definition) is 2. The van der Waals surface area contributed by atoms with E-state index in [4.69, 9.17) is 0 Å². The Balaban J connectivity index is 1.62. The number of amides is 1. The van der Waals surface area contributed by atoms with Crippen LogP contribution in [-0.4, -0.2) is 42.1 Å². The number of aliphatic hydroxyl groups excluding tert-OH is 1. The second-order valence-corrected chi connectivity index (χ2v) is 6.21. The Labute approximate surface area is 137 Å². The number of benzene rings is 1. The Hall–Kier alpha value is -1.46. The van der Waals surface area contributed by atoms with Crippen molar-refractivity contribution in [3.8, 4) is 0 Å². The molecule has 0 aliphatic carbocycles. The van der Waals surface area contributed by atoms with Gasteiger partial charge in [0.1, 0.15) is 5.82 Å². The predicted octanol–water partition coefficient (Wildman–Crippen LogP) is 2.63. The van der Waals surface area contributed by atoms with Crippen molar-refractivity contribution < 1.29 is 14.3 Å². The molecule has 2 rings (SSSR count). The quantitative estimate of drug-likeness (QED) is 0.759. The molecule has 1 aliphatic rings. The van der Waals surface area contributed by atoms with Gasteiger partial charge in [-0.2, -0.15) is 0 Å². The highest BCUT2D eigenvalue weighted by molar-refractivity contribution is 5.81. The van der Waals surface area contributed by atoms with Crippen LogP contribution < -0.4 is 5.32 Å². The Bertz CT molecular complexity index is 488. The van der Waals surface area contributed by atoms with Crippen molar-refractivity contribution in [3.05, 3.63) is 35.6 Å². The van der Waals surface area contributed by atoms with Gasteiger partial charge in [-0.1, -0.05) is 25.0 Å². The van der Waals surface area contributed by atoms with E-state index < -0.39 is 17.8 Å². The Morgan fingerprint density at radius 3 is 2.65 bits per heavy atom. The minimum absolute atomic E-state index is 0.284. The van der Waals surface area contributed by atoms with Crippen molar-refractivity contribution in [3.63, 3.8) is 0 Å². The number of carbonyl (C=O) groups is 1. The van der Waals surface area contributed by atoms with Gasteiger partial charge in [-0.25, -0.2) is 4.39 Å². The van der Waals surface area contributed by atoms with Crippen LogP contribution in [0.25, 0.3) is 0 Å². The van der Waals surface area contributed by atoms with Crippen LogP contribution in [-0.2, 0) is 4.79 Å². The van der Waals surface area contributed by atoms with Gasteiger partial charge in [0.15, 0.2) is 6.10 Å². The fourth-order valence-corrected chi connectivity index (χ4v) is 2.96. The zero-order valence-electron chi connectivity index (χ0n) is 13.6. The molecule has 1 aromatic rings. The predicted molar refractivity (Wildman–Crippen MR) is 88.5 cm³/mol. The molecule has 0 unspecified atom stereocenters. The van der Waals surface area contributed by atoms with Crippen LogP contribution >= 0.6 is 0 Å². The van der Waals surface area contributed by atoms with Gasteiger partial charge >= 0.3 is 0 Å². The van der Waals surface area contributed by atoms with Crippen molar-refractivity contribution in [2.45, 2.75) is 44.6 Å². The van der Waals surface area contributed by atoms with E-state index in [2.05, 4.69) is 10.2 Å². The fourth-order valence-electron chi connectivity index (χ4n) is 2.96. The molecule has 2 N–H and O–H groups in total. The van der Waals surface area contributed by atoms with E-state index >= 15 is 0 Å². The van der Waals surface area contributed by atoms with E-state index in [0.717, 1.165) is 19.4 Å². The highest BCUT2D eigenvalue weighted by atomic mass is 19.1. The lowest BCUT2D eigenvalue weighted by Crippen LogP contribution is -2.31. The van der Waals surface area contributed by atoms with Gasteiger partial charge < -0.3 is 15.3 Å². The smallest absolute Gasteiger partial charge is 0.253 e. The average molecular weight is 322 g/mol. The molecule has 0 spiro atoms. The molecular weight excluding hydrogens is 295 g/mol. The molecule has 0 aromatic heterocycles. The molecule has 23 heavy (non-hydrogen) atoms. The molecule has 1 fully saturated rings. The first-order valence-corrected chi connectivity index (χ1v) is 8.60. The molecule has 1 heterocycles. The normalized spacial score (nSPS) is 17.5. The van der Waals surface area contributed by atoms with Gasteiger partial charge in [0.2, 0.25) is 0 Å². The van der Waals surface area contributed by atoms with Crippen molar-refractivity contribution in [1.82, 2.24) is 10.2 Å². The van der Waals surface area contributed by atoms with Crippen molar-refractivity contribution in [1.29, 1.82) is 0 Å². The van der Waals surface area contributed by atoms with Gasteiger partial charge in [-0.05, 0) is 63.0 Å². The standard InChI is InChI=1S/C18H27FN2O2/c19-16-9-7-8-15(14-16)17(22)18(23)20-10-3-6-13-21-11-4-1-2-5-12-21/h7-9,14,17,22H,1-6,10-13H2,(H,20,23)/t17-/m1/s1. The molecule has 0 bridgehead atoms. The second kappa shape index (κ2) is 9.63. The summed E-state index contributed by atoms with van der Waals surface area (Å²) in [7, 11) is 0.